The van der Waals surface area contributed by atoms with Crippen LogP contribution in [0.3, 0.4) is 0 Å². The van der Waals surface area contributed by atoms with E-state index in [0.29, 0.717) is 22.3 Å². The number of thiazole rings is 1. The van der Waals surface area contributed by atoms with Gasteiger partial charge in [0, 0.05) is 23.4 Å². The number of aryl methyl sites for hydroxylation is 1. The number of hydrogen-bond acceptors (Lipinski definition) is 5. The minimum Gasteiger partial charge on any atom is -0.479 e. The lowest BCUT2D eigenvalue weighted by molar-refractivity contribution is -0.125. The maximum Gasteiger partial charge on any atom is 0.267 e. The molecule has 1 aromatic heterocycles. The minimum absolute atomic E-state index is 0.122. The number of hydrogen-bond donors (Lipinski definition) is 1. The van der Waals surface area contributed by atoms with Crippen molar-refractivity contribution in [1.82, 2.24) is 4.98 Å². The number of nitrogens with zero attached hydrogens (tertiary/aromatic N) is 2. The third-order valence-electron chi connectivity index (χ3n) is 4.80. The molecular weight excluding hydrogens is 405 g/mol. The highest BCUT2D eigenvalue weighted by atomic mass is 32.1. The molecule has 154 valence electrons. The number of para-hydroxylation sites is 2. The van der Waals surface area contributed by atoms with Gasteiger partial charge in [0.25, 0.3) is 5.91 Å². The summed E-state index contributed by atoms with van der Waals surface area (Å²) in [5.74, 6) is -0.0952. The fourth-order valence-corrected chi connectivity index (χ4v) is 4.16. The Balaban J connectivity index is 1.43. The Hall–Kier alpha value is -3.26. The van der Waals surface area contributed by atoms with Crippen molar-refractivity contribution in [3.63, 3.8) is 0 Å². The van der Waals surface area contributed by atoms with E-state index in [0.717, 1.165) is 10.4 Å². The van der Waals surface area contributed by atoms with E-state index in [4.69, 9.17) is 4.74 Å². The van der Waals surface area contributed by atoms with Crippen LogP contribution in [0.5, 0.6) is 5.75 Å². The van der Waals surface area contributed by atoms with Gasteiger partial charge in [-0.15, -0.1) is 11.3 Å². The van der Waals surface area contributed by atoms with Gasteiger partial charge in [-0.05, 0) is 50.2 Å². The number of rotatable bonds is 5. The van der Waals surface area contributed by atoms with Crippen molar-refractivity contribution in [3.05, 3.63) is 59.2 Å². The van der Waals surface area contributed by atoms with Gasteiger partial charge < -0.3 is 15.0 Å². The Morgan fingerprint density at radius 2 is 1.97 bits per heavy atom. The van der Waals surface area contributed by atoms with Crippen molar-refractivity contribution in [2.75, 3.05) is 16.8 Å². The quantitative estimate of drug-likeness (QED) is 0.658. The summed E-state index contributed by atoms with van der Waals surface area (Å²) in [5.41, 5.74) is 2.16. The summed E-state index contributed by atoms with van der Waals surface area (Å²) in [7, 11) is 0. The molecule has 1 aliphatic heterocycles. The van der Waals surface area contributed by atoms with Crippen LogP contribution in [0.2, 0.25) is 0 Å². The third kappa shape index (κ3) is 4.04. The molecule has 1 aliphatic rings. The largest absolute Gasteiger partial charge is 0.479 e. The predicted octanol–water partition coefficient (Wildman–Crippen LogP) is 4.40. The number of halogens is 1. The summed E-state index contributed by atoms with van der Waals surface area (Å²) in [6.07, 6.45) is -0.472. The van der Waals surface area contributed by atoms with Crippen LogP contribution >= 0.6 is 11.3 Å². The Kier molecular flexibility index (Phi) is 5.50. The second-order valence-electron chi connectivity index (χ2n) is 6.95. The van der Waals surface area contributed by atoms with Crippen LogP contribution in [0, 0.1) is 12.7 Å². The van der Waals surface area contributed by atoms with Crippen LogP contribution in [0.4, 0.5) is 15.2 Å². The molecule has 0 aliphatic carbocycles. The summed E-state index contributed by atoms with van der Waals surface area (Å²) in [6.45, 7) is 3.84. The van der Waals surface area contributed by atoms with Crippen molar-refractivity contribution >= 4 is 34.0 Å². The van der Waals surface area contributed by atoms with Gasteiger partial charge in [0.05, 0.1) is 11.4 Å². The van der Waals surface area contributed by atoms with E-state index in [9.17, 15) is 14.0 Å². The zero-order valence-corrected chi connectivity index (χ0v) is 17.3. The van der Waals surface area contributed by atoms with Gasteiger partial charge in [-0.2, -0.15) is 0 Å². The Bertz CT molecular complexity index is 1100. The number of ether oxygens (including phenoxy) is 1. The lowest BCUT2D eigenvalue weighted by Gasteiger charge is -2.32. The summed E-state index contributed by atoms with van der Waals surface area (Å²) in [6, 6.07) is 13.4. The number of anilines is 2. The first-order valence-electron chi connectivity index (χ1n) is 9.52. The number of nitrogens with one attached hydrogen (secondary N) is 1. The van der Waals surface area contributed by atoms with Crippen LogP contribution in [-0.2, 0) is 9.59 Å². The first-order valence-corrected chi connectivity index (χ1v) is 10.3. The maximum absolute atomic E-state index is 13.2. The molecule has 0 saturated carbocycles. The van der Waals surface area contributed by atoms with Gasteiger partial charge in [-0.1, -0.05) is 12.1 Å². The molecule has 30 heavy (non-hydrogen) atoms. The van der Waals surface area contributed by atoms with Crippen molar-refractivity contribution in [1.29, 1.82) is 0 Å². The van der Waals surface area contributed by atoms with E-state index in [1.165, 1.54) is 23.5 Å². The molecule has 1 N–H and O–H groups in total. The molecule has 2 amide bonds. The highest BCUT2D eigenvalue weighted by Gasteiger charge is 2.31. The monoisotopic (exact) mass is 425 g/mol. The average Bonchev–Trinajstić information content (AvgIpc) is 3.09. The predicted molar refractivity (Wildman–Crippen MR) is 114 cm³/mol. The standard InChI is InChI=1S/C22H20FN3O3S/c1-13-21(28)26(17-5-3-4-6-18(17)29-13)12-11-19(27)24-22-25-20(14(2)30-22)15-7-9-16(23)10-8-15/h3-10,13H,11-12H2,1-2H3,(H,24,25,27)/t13-/m0/s1. The number of benzene rings is 2. The van der Waals surface area contributed by atoms with E-state index in [1.807, 2.05) is 19.1 Å². The third-order valence-corrected chi connectivity index (χ3v) is 5.68. The Labute approximate surface area is 177 Å². The molecule has 8 heteroatoms. The molecule has 4 rings (SSSR count). The molecule has 3 aromatic rings. The maximum atomic E-state index is 13.2. The summed E-state index contributed by atoms with van der Waals surface area (Å²) in [4.78, 5) is 32.0. The number of carbonyl (C=O) groups excluding carboxylic acids is 2. The van der Waals surface area contributed by atoms with Crippen molar-refractivity contribution in [2.24, 2.45) is 0 Å². The van der Waals surface area contributed by atoms with Gasteiger partial charge in [-0.3, -0.25) is 9.59 Å². The molecule has 1 atom stereocenters. The first-order chi connectivity index (χ1) is 14.4. The van der Waals surface area contributed by atoms with Crippen molar-refractivity contribution < 1.29 is 18.7 Å². The number of aromatic nitrogens is 1. The molecule has 6 nitrogen and oxygen atoms in total. The van der Waals surface area contributed by atoms with Crippen LogP contribution < -0.4 is 15.0 Å². The van der Waals surface area contributed by atoms with Crippen LogP contribution in [0.25, 0.3) is 11.3 Å². The topological polar surface area (TPSA) is 71.5 Å². The summed E-state index contributed by atoms with van der Waals surface area (Å²) < 4.78 is 18.8. The lowest BCUT2D eigenvalue weighted by atomic mass is 10.1. The first kappa shape index (κ1) is 20.0. The van der Waals surface area contributed by atoms with Crippen molar-refractivity contribution in [3.8, 4) is 17.0 Å². The number of amides is 2. The molecule has 0 unspecified atom stereocenters. The van der Waals surface area contributed by atoms with E-state index < -0.39 is 6.10 Å². The molecule has 0 bridgehead atoms. The molecule has 2 heterocycles. The van der Waals surface area contributed by atoms with Gasteiger partial charge >= 0.3 is 0 Å². The minimum atomic E-state index is -0.595. The fourth-order valence-electron chi connectivity index (χ4n) is 3.31. The van der Waals surface area contributed by atoms with Gasteiger partial charge in [0.1, 0.15) is 11.6 Å². The molecular formula is C22H20FN3O3S. The number of carbonyl (C=O) groups is 2. The fraction of sp³-hybridized carbons (Fsp3) is 0.227. The molecule has 0 saturated heterocycles. The molecule has 0 radical (unpaired) electrons. The van der Waals surface area contributed by atoms with Crippen LogP contribution in [0.1, 0.15) is 18.2 Å². The average molecular weight is 425 g/mol. The highest BCUT2D eigenvalue weighted by Crippen LogP contribution is 2.34. The zero-order chi connectivity index (χ0) is 21.3. The van der Waals surface area contributed by atoms with E-state index in [2.05, 4.69) is 10.3 Å². The van der Waals surface area contributed by atoms with Crippen LogP contribution in [-0.4, -0.2) is 29.4 Å². The lowest BCUT2D eigenvalue weighted by Crippen LogP contribution is -2.45. The summed E-state index contributed by atoms with van der Waals surface area (Å²) >= 11 is 1.36. The Morgan fingerprint density at radius 1 is 1.23 bits per heavy atom. The van der Waals surface area contributed by atoms with Gasteiger partial charge in [0.15, 0.2) is 11.2 Å². The SMILES string of the molecule is Cc1sc(NC(=O)CCN2C(=O)[C@H](C)Oc3ccccc32)nc1-c1ccc(F)cc1. The van der Waals surface area contributed by atoms with Gasteiger partial charge in [0.2, 0.25) is 5.91 Å². The molecule has 2 aromatic carbocycles. The normalized spacial score (nSPS) is 15.5. The molecule has 0 fully saturated rings. The van der Waals surface area contributed by atoms with Gasteiger partial charge in [-0.25, -0.2) is 9.37 Å². The van der Waals surface area contributed by atoms with E-state index in [1.54, 1.807) is 36.1 Å². The summed E-state index contributed by atoms with van der Waals surface area (Å²) in [5, 5.41) is 3.27. The second kappa shape index (κ2) is 8.23. The number of fused-ring (bicyclic) bond motifs is 1. The smallest absolute Gasteiger partial charge is 0.267 e. The zero-order valence-electron chi connectivity index (χ0n) is 16.5. The van der Waals surface area contributed by atoms with Crippen molar-refractivity contribution in [2.45, 2.75) is 26.4 Å². The Morgan fingerprint density at radius 3 is 2.73 bits per heavy atom. The molecule has 0 spiro atoms. The van der Waals surface area contributed by atoms with E-state index in [-0.39, 0.29) is 30.6 Å². The second-order valence-corrected chi connectivity index (χ2v) is 8.15. The van der Waals surface area contributed by atoms with Crippen LogP contribution in [0.15, 0.2) is 48.5 Å². The van der Waals surface area contributed by atoms with E-state index >= 15 is 0 Å². The highest BCUT2D eigenvalue weighted by molar-refractivity contribution is 7.16.